The van der Waals surface area contributed by atoms with Gasteiger partial charge in [-0.2, -0.15) is 0 Å². The molecule has 0 radical (unpaired) electrons. The summed E-state index contributed by atoms with van der Waals surface area (Å²) in [4.78, 5) is 38.4. The zero-order valence-corrected chi connectivity index (χ0v) is 13.3. The fraction of sp³-hybridized carbons (Fsp3) is 0.786. The van der Waals surface area contributed by atoms with Gasteiger partial charge < -0.3 is 19.9 Å². The molecule has 0 bridgehead atoms. The topological polar surface area (TPSA) is 79.0 Å². The number of amides is 3. The Bertz CT molecular complexity index is 396. The van der Waals surface area contributed by atoms with Crippen molar-refractivity contribution in [2.75, 3.05) is 32.7 Å². The molecule has 1 N–H and O–H groups in total. The smallest absolute Gasteiger partial charge is 0.408 e. The number of piperazine rings is 1. The van der Waals surface area contributed by atoms with Crippen LogP contribution in [-0.4, -0.2) is 66.0 Å². The van der Waals surface area contributed by atoms with Gasteiger partial charge in [-0.1, -0.05) is 6.92 Å². The molecule has 0 unspecified atom stereocenters. The summed E-state index contributed by atoms with van der Waals surface area (Å²) in [5.41, 5.74) is -0.584. The van der Waals surface area contributed by atoms with Crippen LogP contribution in [0.5, 0.6) is 0 Å². The van der Waals surface area contributed by atoms with Gasteiger partial charge in [0.25, 0.3) is 0 Å². The lowest BCUT2D eigenvalue weighted by molar-refractivity contribution is -0.138. The Morgan fingerprint density at radius 2 is 1.48 bits per heavy atom. The quantitative estimate of drug-likeness (QED) is 0.827. The van der Waals surface area contributed by atoms with Crippen molar-refractivity contribution in [3.05, 3.63) is 0 Å². The number of alkyl carbamates (subject to hydrolysis) is 1. The predicted octanol–water partition coefficient (Wildman–Crippen LogP) is 0.592. The maximum absolute atomic E-state index is 12.0. The molecule has 1 rings (SSSR count). The first-order chi connectivity index (χ1) is 9.73. The molecule has 0 aliphatic carbocycles. The molecule has 1 saturated heterocycles. The Balaban J connectivity index is 2.31. The van der Waals surface area contributed by atoms with Crippen LogP contribution in [0.2, 0.25) is 0 Å². The highest BCUT2D eigenvalue weighted by Crippen LogP contribution is 2.07. The third-order valence-electron chi connectivity index (χ3n) is 3.07. The molecule has 0 aromatic heterocycles. The molecule has 21 heavy (non-hydrogen) atoms. The monoisotopic (exact) mass is 299 g/mol. The first-order valence-electron chi connectivity index (χ1n) is 7.25. The number of nitrogens with zero attached hydrogens (tertiary/aromatic N) is 2. The molecule has 0 saturated carbocycles. The Morgan fingerprint density at radius 3 is 1.90 bits per heavy atom. The van der Waals surface area contributed by atoms with E-state index < -0.39 is 11.7 Å². The fourth-order valence-electron chi connectivity index (χ4n) is 2.00. The van der Waals surface area contributed by atoms with Crippen molar-refractivity contribution in [3.8, 4) is 0 Å². The molecule has 1 fully saturated rings. The highest BCUT2D eigenvalue weighted by atomic mass is 16.6. The number of nitrogens with one attached hydrogen (secondary N) is 1. The Labute approximate surface area is 125 Å². The van der Waals surface area contributed by atoms with Crippen LogP contribution in [0.15, 0.2) is 0 Å². The van der Waals surface area contributed by atoms with E-state index in [4.69, 9.17) is 4.74 Å². The predicted molar refractivity (Wildman–Crippen MR) is 77.7 cm³/mol. The summed E-state index contributed by atoms with van der Waals surface area (Å²) < 4.78 is 5.06. The fourth-order valence-corrected chi connectivity index (χ4v) is 2.00. The van der Waals surface area contributed by atoms with Crippen LogP contribution in [-0.2, 0) is 14.3 Å². The minimum Gasteiger partial charge on any atom is -0.444 e. The van der Waals surface area contributed by atoms with E-state index in [0.717, 1.165) is 0 Å². The van der Waals surface area contributed by atoms with E-state index >= 15 is 0 Å². The van der Waals surface area contributed by atoms with E-state index in [9.17, 15) is 14.4 Å². The molecule has 0 spiro atoms. The third kappa shape index (κ3) is 6.01. The second-order valence-corrected chi connectivity index (χ2v) is 5.97. The van der Waals surface area contributed by atoms with Crippen LogP contribution in [0.3, 0.4) is 0 Å². The van der Waals surface area contributed by atoms with Crippen molar-refractivity contribution in [1.29, 1.82) is 0 Å². The van der Waals surface area contributed by atoms with Gasteiger partial charge in [0.1, 0.15) is 12.1 Å². The average Bonchev–Trinajstić information content (AvgIpc) is 2.42. The lowest BCUT2D eigenvalue weighted by atomic mass is 10.2. The molecule has 0 aromatic carbocycles. The molecular formula is C14H25N3O4. The number of rotatable bonds is 3. The second-order valence-electron chi connectivity index (χ2n) is 5.97. The minimum atomic E-state index is -0.601. The molecule has 3 amide bonds. The van der Waals surface area contributed by atoms with Crippen molar-refractivity contribution in [2.45, 2.75) is 39.7 Å². The molecule has 0 aromatic rings. The van der Waals surface area contributed by atoms with Gasteiger partial charge in [0.15, 0.2) is 0 Å². The molecule has 120 valence electrons. The lowest BCUT2D eigenvalue weighted by Crippen LogP contribution is -2.52. The summed E-state index contributed by atoms with van der Waals surface area (Å²) in [6, 6.07) is 0. The zero-order chi connectivity index (χ0) is 16.0. The summed E-state index contributed by atoms with van der Waals surface area (Å²) in [6.45, 7) is 9.12. The van der Waals surface area contributed by atoms with Gasteiger partial charge in [0, 0.05) is 32.6 Å². The van der Waals surface area contributed by atoms with Crippen LogP contribution in [0, 0.1) is 0 Å². The van der Waals surface area contributed by atoms with Gasteiger partial charge in [-0.05, 0) is 20.8 Å². The third-order valence-corrected chi connectivity index (χ3v) is 3.07. The van der Waals surface area contributed by atoms with Crippen molar-refractivity contribution in [1.82, 2.24) is 15.1 Å². The van der Waals surface area contributed by atoms with Crippen LogP contribution >= 0.6 is 0 Å². The maximum Gasteiger partial charge on any atom is 0.408 e. The summed E-state index contributed by atoms with van der Waals surface area (Å²) in [5.74, 6) is -0.0570. The summed E-state index contributed by atoms with van der Waals surface area (Å²) in [6.07, 6.45) is -0.121. The van der Waals surface area contributed by atoms with E-state index in [-0.39, 0.29) is 18.4 Å². The van der Waals surface area contributed by atoms with Crippen molar-refractivity contribution < 1.29 is 19.1 Å². The highest BCUT2D eigenvalue weighted by molar-refractivity contribution is 5.82. The minimum absolute atomic E-state index is 0.0867. The van der Waals surface area contributed by atoms with Crippen LogP contribution in [0.1, 0.15) is 34.1 Å². The van der Waals surface area contributed by atoms with Crippen LogP contribution in [0.25, 0.3) is 0 Å². The number of hydrogen-bond acceptors (Lipinski definition) is 4. The van der Waals surface area contributed by atoms with Gasteiger partial charge in [-0.3, -0.25) is 9.59 Å². The molecule has 7 nitrogen and oxygen atoms in total. The molecule has 1 aliphatic rings. The number of ether oxygens (including phenoxy) is 1. The normalized spacial score (nSPS) is 15.6. The van der Waals surface area contributed by atoms with E-state index in [1.807, 2.05) is 6.92 Å². The van der Waals surface area contributed by atoms with Gasteiger partial charge in [0.2, 0.25) is 11.8 Å². The van der Waals surface area contributed by atoms with Crippen molar-refractivity contribution >= 4 is 17.9 Å². The average molecular weight is 299 g/mol. The van der Waals surface area contributed by atoms with Gasteiger partial charge in [-0.25, -0.2) is 4.79 Å². The maximum atomic E-state index is 12.0. The Morgan fingerprint density at radius 1 is 1.00 bits per heavy atom. The summed E-state index contributed by atoms with van der Waals surface area (Å²) in [5, 5.41) is 2.45. The number of carbonyl (C=O) groups is 3. The van der Waals surface area contributed by atoms with Gasteiger partial charge in [-0.15, -0.1) is 0 Å². The lowest BCUT2D eigenvalue weighted by Gasteiger charge is -2.34. The Hall–Kier alpha value is -1.79. The van der Waals surface area contributed by atoms with E-state index in [0.29, 0.717) is 32.6 Å². The SMILES string of the molecule is CCC(=O)N1CCN(C(=O)CNC(=O)OC(C)(C)C)CC1. The first-order valence-corrected chi connectivity index (χ1v) is 7.25. The van der Waals surface area contributed by atoms with Crippen LogP contribution in [0.4, 0.5) is 4.79 Å². The van der Waals surface area contributed by atoms with Crippen molar-refractivity contribution in [2.24, 2.45) is 0 Å². The second kappa shape index (κ2) is 7.28. The van der Waals surface area contributed by atoms with Gasteiger partial charge >= 0.3 is 6.09 Å². The number of hydrogen-bond donors (Lipinski definition) is 1. The molecule has 0 atom stereocenters. The van der Waals surface area contributed by atoms with E-state index in [1.54, 1.807) is 30.6 Å². The van der Waals surface area contributed by atoms with E-state index in [2.05, 4.69) is 5.32 Å². The zero-order valence-electron chi connectivity index (χ0n) is 13.3. The van der Waals surface area contributed by atoms with Crippen molar-refractivity contribution in [3.63, 3.8) is 0 Å². The molecule has 1 aliphatic heterocycles. The van der Waals surface area contributed by atoms with Crippen LogP contribution < -0.4 is 5.32 Å². The Kier molecular flexibility index (Phi) is 5.99. The molecule has 7 heteroatoms. The molecule has 1 heterocycles. The molecular weight excluding hydrogens is 274 g/mol. The summed E-state index contributed by atoms with van der Waals surface area (Å²) >= 11 is 0. The first kappa shape index (κ1) is 17.3. The largest absolute Gasteiger partial charge is 0.444 e. The standard InChI is InChI=1S/C14H25N3O4/c1-5-11(18)16-6-8-17(9-7-16)12(19)10-15-13(20)21-14(2,3)4/h5-10H2,1-4H3,(H,15,20). The number of carbonyl (C=O) groups excluding carboxylic acids is 3. The highest BCUT2D eigenvalue weighted by Gasteiger charge is 2.24. The summed E-state index contributed by atoms with van der Waals surface area (Å²) in [7, 11) is 0. The van der Waals surface area contributed by atoms with Gasteiger partial charge in [0.05, 0.1) is 0 Å². The van der Waals surface area contributed by atoms with E-state index in [1.165, 1.54) is 0 Å².